The maximum absolute atomic E-state index is 12.3. The molecule has 5 nitrogen and oxygen atoms in total. The fourth-order valence-corrected chi connectivity index (χ4v) is 4.62. The van der Waals surface area contributed by atoms with Crippen LogP contribution < -0.4 is 4.74 Å². The Labute approximate surface area is 194 Å². The van der Waals surface area contributed by atoms with E-state index in [4.69, 9.17) is 0 Å². The zero-order chi connectivity index (χ0) is 23.6. The van der Waals surface area contributed by atoms with E-state index < -0.39 is 6.36 Å². The smallest absolute Gasteiger partial charge is 0.406 e. The van der Waals surface area contributed by atoms with Gasteiger partial charge < -0.3 is 13.9 Å². The first-order valence-corrected chi connectivity index (χ1v) is 11.4. The summed E-state index contributed by atoms with van der Waals surface area (Å²) in [7, 11) is 0. The van der Waals surface area contributed by atoms with Crippen molar-refractivity contribution in [3.05, 3.63) is 77.6 Å². The van der Waals surface area contributed by atoms with Gasteiger partial charge in [-0.15, -0.1) is 23.4 Å². The van der Waals surface area contributed by atoms with Crippen molar-refractivity contribution in [3.63, 3.8) is 0 Å². The van der Waals surface area contributed by atoms with Crippen molar-refractivity contribution in [1.82, 2.24) is 19.3 Å². The van der Waals surface area contributed by atoms with Gasteiger partial charge in [0.1, 0.15) is 5.75 Å². The van der Waals surface area contributed by atoms with Crippen LogP contribution in [0.3, 0.4) is 0 Å². The third-order valence-electron chi connectivity index (χ3n) is 5.21. The summed E-state index contributed by atoms with van der Waals surface area (Å²) in [4.78, 5) is 0. The van der Waals surface area contributed by atoms with E-state index in [0.717, 1.165) is 27.8 Å². The molecule has 33 heavy (non-hydrogen) atoms. The van der Waals surface area contributed by atoms with Crippen LogP contribution in [0.25, 0.3) is 17.1 Å². The third-order valence-corrected chi connectivity index (χ3v) is 6.25. The second-order valence-corrected chi connectivity index (χ2v) is 8.47. The molecule has 0 atom stereocenters. The average Bonchev–Trinajstić information content (AvgIpc) is 3.34. The first-order valence-electron chi connectivity index (χ1n) is 10.4. The Kier molecular flexibility index (Phi) is 6.51. The molecule has 0 radical (unpaired) electrons. The molecule has 0 fully saturated rings. The molecule has 0 N–H and O–H groups in total. The zero-order valence-electron chi connectivity index (χ0n) is 18.4. The first kappa shape index (κ1) is 23.0. The lowest BCUT2D eigenvalue weighted by Gasteiger charge is -2.11. The van der Waals surface area contributed by atoms with Gasteiger partial charge in [-0.3, -0.25) is 0 Å². The van der Waals surface area contributed by atoms with E-state index in [1.807, 2.05) is 23.6 Å². The number of hydrogen-bond acceptors (Lipinski definition) is 4. The van der Waals surface area contributed by atoms with Crippen LogP contribution in [0.4, 0.5) is 13.2 Å². The summed E-state index contributed by atoms with van der Waals surface area (Å²) >= 11 is 1.49. The van der Waals surface area contributed by atoms with E-state index in [2.05, 4.69) is 57.6 Å². The van der Waals surface area contributed by atoms with Gasteiger partial charge in [0, 0.05) is 34.9 Å². The fraction of sp³-hybridized carbons (Fsp3) is 0.250. The molecule has 172 valence electrons. The maximum atomic E-state index is 12.3. The molecule has 0 saturated heterocycles. The largest absolute Gasteiger partial charge is 0.573 e. The lowest BCUT2D eigenvalue weighted by Crippen LogP contribution is -2.16. The highest BCUT2D eigenvalue weighted by Gasteiger charge is 2.30. The molecule has 9 heteroatoms. The quantitative estimate of drug-likeness (QED) is 0.286. The van der Waals surface area contributed by atoms with Crippen molar-refractivity contribution in [2.24, 2.45) is 0 Å². The van der Waals surface area contributed by atoms with E-state index in [-0.39, 0.29) is 5.75 Å². The lowest BCUT2D eigenvalue weighted by molar-refractivity contribution is -0.274. The summed E-state index contributed by atoms with van der Waals surface area (Å²) in [5.41, 5.74) is 5.27. The summed E-state index contributed by atoms with van der Waals surface area (Å²) < 4.78 is 45.1. The van der Waals surface area contributed by atoms with Gasteiger partial charge in [-0.25, -0.2) is 0 Å². The van der Waals surface area contributed by atoms with Gasteiger partial charge in [0.15, 0.2) is 11.0 Å². The predicted molar refractivity (Wildman–Crippen MR) is 123 cm³/mol. The highest BCUT2D eigenvalue weighted by atomic mass is 32.2. The topological polar surface area (TPSA) is 44.9 Å². The van der Waals surface area contributed by atoms with Crippen molar-refractivity contribution < 1.29 is 17.9 Å². The number of aromatic nitrogens is 4. The molecule has 0 aliphatic carbocycles. The molecule has 4 aromatic rings. The Hall–Kier alpha value is -3.20. The van der Waals surface area contributed by atoms with Gasteiger partial charge in [-0.1, -0.05) is 23.9 Å². The number of aryl methyl sites for hydroxylation is 2. The van der Waals surface area contributed by atoms with Crippen molar-refractivity contribution in [2.45, 2.75) is 44.6 Å². The predicted octanol–water partition coefficient (Wildman–Crippen LogP) is 6.56. The fourth-order valence-electron chi connectivity index (χ4n) is 3.66. The summed E-state index contributed by atoms with van der Waals surface area (Å²) in [6, 6.07) is 18.3. The Morgan fingerprint density at radius 1 is 0.879 bits per heavy atom. The van der Waals surface area contributed by atoms with Crippen LogP contribution >= 0.6 is 11.8 Å². The Morgan fingerprint density at radius 3 is 2.09 bits per heavy atom. The SMILES string of the molecule is CCn1c(SCc2ccc(OC(F)(F)F)cc2)nnc1-c1ccc(-n2c(C)ccc2C)cc1. The molecule has 0 unspecified atom stereocenters. The minimum absolute atomic E-state index is 0.232. The maximum Gasteiger partial charge on any atom is 0.573 e. The van der Waals surface area contributed by atoms with Crippen LogP contribution in [0.1, 0.15) is 23.9 Å². The van der Waals surface area contributed by atoms with Crippen LogP contribution in [0.15, 0.2) is 65.8 Å². The van der Waals surface area contributed by atoms with Crippen LogP contribution in [0.2, 0.25) is 0 Å². The van der Waals surface area contributed by atoms with Gasteiger partial charge in [0.25, 0.3) is 0 Å². The van der Waals surface area contributed by atoms with Crippen LogP contribution in [-0.4, -0.2) is 25.7 Å². The molecule has 0 saturated carbocycles. The van der Waals surface area contributed by atoms with Crippen LogP contribution in [0, 0.1) is 13.8 Å². The van der Waals surface area contributed by atoms with Gasteiger partial charge in [-0.2, -0.15) is 0 Å². The number of thioether (sulfide) groups is 1. The molecule has 2 aromatic carbocycles. The minimum atomic E-state index is -4.69. The number of benzene rings is 2. The summed E-state index contributed by atoms with van der Waals surface area (Å²) in [5.74, 6) is 1.10. The first-order chi connectivity index (χ1) is 15.7. The normalized spacial score (nSPS) is 11.7. The standard InChI is InChI=1S/C24H23F3N4OS/c1-4-30-22(19-9-11-20(12-10-19)31-16(2)5-6-17(31)3)28-29-23(30)33-15-18-7-13-21(14-8-18)32-24(25,26)27/h5-14H,4,15H2,1-3H3. The molecule has 0 amide bonds. The molecule has 4 rings (SSSR count). The third kappa shape index (κ3) is 5.24. The number of nitrogens with zero attached hydrogens (tertiary/aromatic N) is 4. The number of halogens is 3. The van der Waals surface area contributed by atoms with Gasteiger partial charge in [-0.05, 0) is 74.9 Å². The van der Waals surface area contributed by atoms with Crippen molar-refractivity contribution in [3.8, 4) is 22.8 Å². The van der Waals surface area contributed by atoms with Crippen molar-refractivity contribution >= 4 is 11.8 Å². The number of alkyl halides is 3. The monoisotopic (exact) mass is 472 g/mol. The van der Waals surface area contributed by atoms with Crippen LogP contribution in [0.5, 0.6) is 5.75 Å². The molecule has 2 aromatic heterocycles. The summed E-state index contributed by atoms with van der Waals surface area (Å²) in [6.07, 6.45) is -4.69. The number of ether oxygens (including phenoxy) is 1. The number of rotatable bonds is 7. The van der Waals surface area contributed by atoms with Gasteiger partial charge in [0.2, 0.25) is 0 Å². The Balaban J connectivity index is 1.48. The second kappa shape index (κ2) is 9.35. The Morgan fingerprint density at radius 2 is 1.52 bits per heavy atom. The van der Waals surface area contributed by atoms with E-state index in [1.54, 1.807) is 12.1 Å². The minimum Gasteiger partial charge on any atom is -0.406 e. The van der Waals surface area contributed by atoms with Crippen LogP contribution in [-0.2, 0) is 12.3 Å². The highest BCUT2D eigenvalue weighted by Crippen LogP contribution is 2.29. The van der Waals surface area contributed by atoms with Crippen molar-refractivity contribution in [2.75, 3.05) is 0 Å². The molecule has 0 bridgehead atoms. The lowest BCUT2D eigenvalue weighted by atomic mass is 10.2. The molecule has 0 spiro atoms. The molecular formula is C24H23F3N4OS. The Bertz CT molecular complexity index is 1210. The zero-order valence-corrected chi connectivity index (χ0v) is 19.2. The highest BCUT2D eigenvalue weighted by molar-refractivity contribution is 7.98. The van der Waals surface area contributed by atoms with E-state index >= 15 is 0 Å². The summed E-state index contributed by atoms with van der Waals surface area (Å²) in [5, 5.41) is 9.49. The molecule has 0 aliphatic rings. The summed E-state index contributed by atoms with van der Waals surface area (Å²) in [6.45, 7) is 6.88. The van der Waals surface area contributed by atoms with E-state index in [9.17, 15) is 13.2 Å². The van der Waals surface area contributed by atoms with E-state index in [1.165, 1.54) is 35.3 Å². The molecule has 2 heterocycles. The van der Waals surface area contributed by atoms with Crippen molar-refractivity contribution in [1.29, 1.82) is 0 Å². The van der Waals surface area contributed by atoms with Gasteiger partial charge >= 0.3 is 6.36 Å². The number of hydrogen-bond donors (Lipinski definition) is 0. The second-order valence-electron chi connectivity index (χ2n) is 7.53. The van der Waals surface area contributed by atoms with E-state index in [0.29, 0.717) is 12.3 Å². The molecular weight excluding hydrogens is 449 g/mol. The molecule has 0 aliphatic heterocycles. The van der Waals surface area contributed by atoms with Gasteiger partial charge in [0.05, 0.1) is 0 Å². The average molecular weight is 473 g/mol.